The van der Waals surface area contributed by atoms with Crippen LogP contribution in [0.5, 0.6) is 0 Å². The van der Waals surface area contributed by atoms with Crippen LogP contribution in [-0.4, -0.2) is 15.7 Å². The molecule has 0 fully saturated rings. The van der Waals surface area contributed by atoms with Crippen LogP contribution in [0.15, 0.2) is 29.2 Å². The highest BCUT2D eigenvalue weighted by atomic mass is 32.1. The van der Waals surface area contributed by atoms with Crippen LogP contribution in [0.2, 0.25) is 0 Å². The minimum absolute atomic E-state index is 0.114. The zero-order valence-corrected chi connectivity index (χ0v) is 8.70. The van der Waals surface area contributed by atoms with E-state index >= 15 is 0 Å². The first kappa shape index (κ1) is 9.72. The highest BCUT2D eigenvalue weighted by molar-refractivity contribution is 7.08. The first-order valence-corrected chi connectivity index (χ1v) is 5.28. The molecule has 2 aromatic heterocycles. The fourth-order valence-electron chi connectivity index (χ4n) is 1.15. The Morgan fingerprint density at radius 1 is 1.67 bits per heavy atom. The molecule has 0 aliphatic rings. The molecule has 3 N–H and O–H groups in total. The third kappa shape index (κ3) is 2.57. The van der Waals surface area contributed by atoms with Crippen molar-refractivity contribution in [1.29, 1.82) is 0 Å². The minimum Gasteiger partial charge on any atom is -0.396 e. The number of amides is 1. The van der Waals surface area contributed by atoms with E-state index in [4.69, 9.17) is 5.73 Å². The van der Waals surface area contributed by atoms with Crippen LogP contribution in [0.1, 0.15) is 0 Å². The van der Waals surface area contributed by atoms with Gasteiger partial charge in [0, 0.05) is 11.6 Å². The maximum Gasteiger partial charge on any atom is 0.246 e. The third-order valence-corrected chi connectivity index (χ3v) is 2.45. The predicted molar refractivity (Wildman–Crippen MR) is 59.6 cm³/mol. The van der Waals surface area contributed by atoms with Gasteiger partial charge in [0.15, 0.2) is 0 Å². The normalized spacial score (nSPS) is 10.1. The van der Waals surface area contributed by atoms with Gasteiger partial charge in [-0.05, 0) is 11.4 Å². The van der Waals surface area contributed by atoms with Crippen molar-refractivity contribution in [3.8, 4) is 0 Å². The molecule has 0 unspecified atom stereocenters. The standard InChI is InChI=1S/C9H10N4OS/c10-7-3-11-13(4-7)5-9(14)12-8-1-2-15-6-8/h1-4,6H,5,10H2,(H,12,14). The van der Waals surface area contributed by atoms with Crippen molar-refractivity contribution < 1.29 is 4.79 Å². The van der Waals surface area contributed by atoms with E-state index in [1.54, 1.807) is 6.20 Å². The number of anilines is 2. The highest BCUT2D eigenvalue weighted by Gasteiger charge is 2.04. The lowest BCUT2D eigenvalue weighted by atomic mass is 10.5. The molecule has 0 atom stereocenters. The van der Waals surface area contributed by atoms with Crippen molar-refractivity contribution in [1.82, 2.24) is 9.78 Å². The number of carbonyl (C=O) groups is 1. The van der Waals surface area contributed by atoms with E-state index in [1.807, 2.05) is 16.8 Å². The van der Waals surface area contributed by atoms with Gasteiger partial charge in [-0.3, -0.25) is 9.48 Å². The Morgan fingerprint density at radius 3 is 3.13 bits per heavy atom. The molecule has 6 heteroatoms. The summed E-state index contributed by atoms with van der Waals surface area (Å²) in [4.78, 5) is 11.5. The van der Waals surface area contributed by atoms with E-state index in [-0.39, 0.29) is 12.5 Å². The second-order valence-corrected chi connectivity index (χ2v) is 3.81. The van der Waals surface area contributed by atoms with Crippen LogP contribution in [0.4, 0.5) is 11.4 Å². The van der Waals surface area contributed by atoms with Gasteiger partial charge in [-0.1, -0.05) is 0 Å². The van der Waals surface area contributed by atoms with Gasteiger partial charge < -0.3 is 11.1 Å². The lowest BCUT2D eigenvalue weighted by Gasteiger charge is -2.02. The number of rotatable bonds is 3. The number of nitrogens with one attached hydrogen (secondary N) is 1. The first-order valence-electron chi connectivity index (χ1n) is 4.34. The van der Waals surface area contributed by atoms with Gasteiger partial charge in [0.05, 0.1) is 17.6 Å². The number of nitrogen functional groups attached to an aromatic ring is 1. The average molecular weight is 222 g/mol. The molecule has 0 radical (unpaired) electrons. The summed E-state index contributed by atoms with van der Waals surface area (Å²) in [5, 5.41) is 10.4. The summed E-state index contributed by atoms with van der Waals surface area (Å²) in [6, 6.07) is 1.85. The van der Waals surface area contributed by atoms with Crippen molar-refractivity contribution in [3.05, 3.63) is 29.2 Å². The van der Waals surface area contributed by atoms with Crippen LogP contribution >= 0.6 is 11.3 Å². The van der Waals surface area contributed by atoms with Gasteiger partial charge in [0.2, 0.25) is 5.91 Å². The summed E-state index contributed by atoms with van der Waals surface area (Å²) in [5.74, 6) is -0.114. The quantitative estimate of drug-likeness (QED) is 0.818. The van der Waals surface area contributed by atoms with Crippen molar-refractivity contribution >= 4 is 28.6 Å². The molecule has 2 aromatic rings. The molecular weight excluding hydrogens is 212 g/mol. The molecule has 15 heavy (non-hydrogen) atoms. The van der Waals surface area contributed by atoms with Crippen LogP contribution < -0.4 is 11.1 Å². The fraction of sp³-hybridized carbons (Fsp3) is 0.111. The van der Waals surface area contributed by atoms with Crippen molar-refractivity contribution in [2.75, 3.05) is 11.1 Å². The molecule has 0 bridgehead atoms. The Balaban J connectivity index is 1.93. The van der Waals surface area contributed by atoms with Gasteiger partial charge in [-0.15, -0.1) is 0 Å². The van der Waals surface area contributed by atoms with E-state index in [0.29, 0.717) is 5.69 Å². The molecule has 1 amide bonds. The summed E-state index contributed by atoms with van der Waals surface area (Å²) >= 11 is 1.53. The van der Waals surface area contributed by atoms with Crippen LogP contribution in [0.3, 0.4) is 0 Å². The van der Waals surface area contributed by atoms with Crippen LogP contribution in [0.25, 0.3) is 0 Å². The summed E-state index contributed by atoms with van der Waals surface area (Å²) in [7, 11) is 0. The Labute approximate surface area is 90.5 Å². The van der Waals surface area contributed by atoms with Gasteiger partial charge in [0.25, 0.3) is 0 Å². The predicted octanol–water partition coefficient (Wildman–Crippen LogP) is 1.17. The minimum atomic E-state index is -0.114. The number of nitrogens with zero attached hydrogens (tertiary/aromatic N) is 2. The smallest absolute Gasteiger partial charge is 0.246 e. The second kappa shape index (κ2) is 4.14. The van der Waals surface area contributed by atoms with E-state index < -0.39 is 0 Å². The molecular formula is C9H10N4OS. The SMILES string of the molecule is Nc1cnn(CC(=O)Nc2ccsc2)c1. The van der Waals surface area contributed by atoms with Gasteiger partial charge in [-0.2, -0.15) is 16.4 Å². The monoisotopic (exact) mass is 222 g/mol. The topological polar surface area (TPSA) is 72.9 Å². The fourth-order valence-corrected chi connectivity index (χ4v) is 1.74. The highest BCUT2D eigenvalue weighted by Crippen LogP contribution is 2.11. The van der Waals surface area contributed by atoms with Crippen molar-refractivity contribution in [3.63, 3.8) is 0 Å². The number of hydrogen-bond donors (Lipinski definition) is 2. The maximum atomic E-state index is 11.5. The summed E-state index contributed by atoms with van der Waals surface area (Å²) in [5.41, 5.74) is 6.84. The molecule has 2 heterocycles. The number of hydrogen-bond acceptors (Lipinski definition) is 4. The molecule has 0 aromatic carbocycles. The van der Waals surface area contributed by atoms with E-state index in [9.17, 15) is 4.79 Å². The van der Waals surface area contributed by atoms with Gasteiger partial charge in [0.1, 0.15) is 6.54 Å². The molecule has 78 valence electrons. The van der Waals surface area contributed by atoms with E-state index in [0.717, 1.165) is 5.69 Å². The lowest BCUT2D eigenvalue weighted by Crippen LogP contribution is -2.18. The molecule has 0 aliphatic heterocycles. The Kier molecular flexibility index (Phi) is 2.68. The van der Waals surface area contributed by atoms with Gasteiger partial charge in [-0.25, -0.2) is 0 Å². The van der Waals surface area contributed by atoms with Crippen molar-refractivity contribution in [2.24, 2.45) is 0 Å². The molecule has 0 saturated carbocycles. The second-order valence-electron chi connectivity index (χ2n) is 3.03. The summed E-state index contributed by atoms with van der Waals surface area (Å²) in [6.45, 7) is 0.174. The van der Waals surface area contributed by atoms with Gasteiger partial charge >= 0.3 is 0 Å². The van der Waals surface area contributed by atoms with Crippen molar-refractivity contribution in [2.45, 2.75) is 6.54 Å². The Bertz CT molecular complexity index is 448. The Morgan fingerprint density at radius 2 is 2.53 bits per heavy atom. The molecule has 0 aliphatic carbocycles. The summed E-state index contributed by atoms with van der Waals surface area (Å²) in [6.07, 6.45) is 3.13. The molecule has 0 saturated heterocycles. The van der Waals surface area contributed by atoms with Crippen LogP contribution in [0, 0.1) is 0 Å². The first-order chi connectivity index (χ1) is 7.24. The Hall–Kier alpha value is -1.82. The van der Waals surface area contributed by atoms with Crippen LogP contribution in [-0.2, 0) is 11.3 Å². The number of thiophene rings is 1. The van der Waals surface area contributed by atoms with E-state index in [1.165, 1.54) is 22.2 Å². The zero-order valence-electron chi connectivity index (χ0n) is 7.88. The zero-order chi connectivity index (χ0) is 10.7. The third-order valence-electron chi connectivity index (χ3n) is 1.76. The maximum absolute atomic E-state index is 11.5. The molecule has 0 spiro atoms. The number of nitrogens with two attached hydrogens (primary N) is 1. The number of carbonyl (C=O) groups excluding carboxylic acids is 1. The van der Waals surface area contributed by atoms with E-state index in [2.05, 4.69) is 10.4 Å². The lowest BCUT2D eigenvalue weighted by molar-refractivity contribution is -0.116. The molecule has 2 rings (SSSR count). The summed E-state index contributed by atoms with van der Waals surface area (Å²) < 4.78 is 1.50. The molecule has 5 nitrogen and oxygen atoms in total. The number of aromatic nitrogens is 2. The average Bonchev–Trinajstić information content (AvgIpc) is 2.77. The largest absolute Gasteiger partial charge is 0.396 e.